The van der Waals surface area contributed by atoms with Gasteiger partial charge in [0.2, 0.25) is 0 Å². The van der Waals surface area contributed by atoms with Gasteiger partial charge in [0.1, 0.15) is 0 Å². The molecule has 1 aliphatic heterocycles. The Kier molecular flexibility index (Phi) is 2.55. The van der Waals surface area contributed by atoms with E-state index in [2.05, 4.69) is 20.8 Å². The van der Waals surface area contributed by atoms with Crippen LogP contribution in [0.4, 0.5) is 0 Å². The predicted molar refractivity (Wildman–Crippen MR) is 44.3 cm³/mol. The quantitative estimate of drug-likeness (QED) is 0.578. The average molecular weight is 158 g/mol. The number of hydrogen-bond acceptors (Lipinski definition) is 2. The zero-order chi connectivity index (χ0) is 8.59. The van der Waals surface area contributed by atoms with Gasteiger partial charge in [-0.1, -0.05) is 13.8 Å². The van der Waals surface area contributed by atoms with Crippen LogP contribution >= 0.6 is 0 Å². The highest BCUT2D eigenvalue weighted by atomic mass is 16.5. The molecule has 1 fully saturated rings. The first-order chi connectivity index (χ1) is 5.04. The van der Waals surface area contributed by atoms with Crippen molar-refractivity contribution in [2.75, 3.05) is 0 Å². The maximum atomic E-state index is 9.61. The van der Waals surface area contributed by atoms with Crippen molar-refractivity contribution in [1.29, 1.82) is 0 Å². The van der Waals surface area contributed by atoms with Crippen LogP contribution < -0.4 is 0 Å². The molecule has 2 unspecified atom stereocenters. The minimum Gasteiger partial charge on any atom is -0.390 e. The molecule has 1 N–H and O–H groups in total. The second-order valence-electron chi connectivity index (χ2n) is 3.76. The summed E-state index contributed by atoms with van der Waals surface area (Å²) in [5.74, 6) is 0.815. The van der Waals surface area contributed by atoms with Crippen LogP contribution in [0.25, 0.3) is 0 Å². The van der Waals surface area contributed by atoms with Crippen LogP contribution in [0.1, 0.15) is 27.7 Å². The molecule has 0 amide bonds. The van der Waals surface area contributed by atoms with E-state index < -0.39 is 0 Å². The molecule has 2 nitrogen and oxygen atoms in total. The van der Waals surface area contributed by atoms with Crippen LogP contribution in [0.2, 0.25) is 0 Å². The van der Waals surface area contributed by atoms with E-state index in [1.807, 2.05) is 6.92 Å². The van der Waals surface area contributed by atoms with Gasteiger partial charge in [-0.15, -0.1) is 0 Å². The molecular formula is C9H18O2. The first-order valence-corrected chi connectivity index (χ1v) is 4.37. The molecule has 11 heavy (non-hydrogen) atoms. The molecule has 0 aromatic carbocycles. The molecule has 0 saturated carbocycles. The topological polar surface area (TPSA) is 29.5 Å². The molecule has 2 heteroatoms. The minimum atomic E-state index is -0.291. The summed E-state index contributed by atoms with van der Waals surface area (Å²) in [7, 11) is 0. The van der Waals surface area contributed by atoms with Gasteiger partial charge >= 0.3 is 0 Å². The van der Waals surface area contributed by atoms with Crippen molar-refractivity contribution >= 4 is 0 Å². The molecule has 5 atom stereocenters. The van der Waals surface area contributed by atoms with Gasteiger partial charge in [0.05, 0.1) is 18.3 Å². The van der Waals surface area contributed by atoms with E-state index in [9.17, 15) is 5.11 Å². The molecule has 1 aliphatic rings. The van der Waals surface area contributed by atoms with Crippen LogP contribution in [-0.2, 0) is 4.74 Å². The van der Waals surface area contributed by atoms with E-state index in [0.717, 1.165) is 0 Å². The van der Waals surface area contributed by atoms with Gasteiger partial charge in [-0.2, -0.15) is 0 Å². The van der Waals surface area contributed by atoms with Crippen molar-refractivity contribution in [3.05, 3.63) is 0 Å². The molecule has 1 rings (SSSR count). The Labute approximate surface area is 68.6 Å². The third-order valence-corrected chi connectivity index (χ3v) is 3.02. The third kappa shape index (κ3) is 1.57. The first-order valence-electron chi connectivity index (χ1n) is 4.37. The molecular weight excluding hydrogens is 140 g/mol. The van der Waals surface area contributed by atoms with E-state index in [0.29, 0.717) is 11.8 Å². The fraction of sp³-hybridized carbons (Fsp3) is 1.00. The molecule has 0 aliphatic carbocycles. The van der Waals surface area contributed by atoms with Crippen molar-refractivity contribution in [2.24, 2.45) is 11.8 Å². The van der Waals surface area contributed by atoms with E-state index >= 15 is 0 Å². The number of aliphatic hydroxyl groups is 1. The van der Waals surface area contributed by atoms with E-state index in [-0.39, 0.29) is 18.3 Å². The molecule has 0 bridgehead atoms. The van der Waals surface area contributed by atoms with Gasteiger partial charge in [-0.3, -0.25) is 0 Å². The number of hydrogen-bond donors (Lipinski definition) is 1. The van der Waals surface area contributed by atoms with Crippen molar-refractivity contribution in [3.63, 3.8) is 0 Å². The van der Waals surface area contributed by atoms with Crippen molar-refractivity contribution in [3.8, 4) is 0 Å². The fourth-order valence-electron chi connectivity index (χ4n) is 1.71. The normalized spacial score (nSPS) is 52.6. The number of rotatable bonds is 0. The fourth-order valence-corrected chi connectivity index (χ4v) is 1.71. The SMILES string of the molecule is CC1O[C@@H](C)C(O)[C@H](C)[C@@H]1C. The molecule has 66 valence electrons. The average Bonchev–Trinajstić information content (AvgIpc) is 1.97. The number of ether oxygens (including phenoxy) is 1. The molecule has 1 heterocycles. The summed E-state index contributed by atoms with van der Waals surface area (Å²) in [5.41, 5.74) is 0. The van der Waals surface area contributed by atoms with Crippen LogP contribution in [0.5, 0.6) is 0 Å². The predicted octanol–water partition coefficient (Wildman–Crippen LogP) is 1.43. The molecule has 0 aromatic rings. The summed E-state index contributed by atoms with van der Waals surface area (Å²) in [6.45, 7) is 8.22. The maximum absolute atomic E-state index is 9.61. The summed E-state index contributed by atoms with van der Waals surface area (Å²) in [5, 5.41) is 9.61. The van der Waals surface area contributed by atoms with Gasteiger partial charge in [-0.25, -0.2) is 0 Å². The lowest BCUT2D eigenvalue weighted by Crippen LogP contribution is -2.46. The summed E-state index contributed by atoms with van der Waals surface area (Å²) in [6.07, 6.45) is -0.0131. The van der Waals surface area contributed by atoms with Crippen molar-refractivity contribution < 1.29 is 9.84 Å². The van der Waals surface area contributed by atoms with Gasteiger partial charge < -0.3 is 9.84 Å². The second-order valence-corrected chi connectivity index (χ2v) is 3.76. The van der Waals surface area contributed by atoms with E-state index in [1.165, 1.54) is 0 Å². The molecule has 0 aromatic heterocycles. The summed E-state index contributed by atoms with van der Waals surface area (Å²) < 4.78 is 5.53. The first kappa shape index (κ1) is 9.01. The Morgan fingerprint density at radius 3 is 2.00 bits per heavy atom. The van der Waals surface area contributed by atoms with Crippen LogP contribution in [0.3, 0.4) is 0 Å². The zero-order valence-corrected chi connectivity index (χ0v) is 7.74. The number of aliphatic hydroxyl groups excluding tert-OH is 1. The van der Waals surface area contributed by atoms with E-state index in [4.69, 9.17) is 4.74 Å². The van der Waals surface area contributed by atoms with Crippen molar-refractivity contribution in [1.82, 2.24) is 0 Å². The lowest BCUT2D eigenvalue weighted by Gasteiger charge is -2.40. The summed E-state index contributed by atoms with van der Waals surface area (Å²) in [4.78, 5) is 0. The Bertz CT molecular complexity index is 122. The third-order valence-electron chi connectivity index (χ3n) is 3.02. The summed E-state index contributed by atoms with van der Waals surface area (Å²) >= 11 is 0. The standard InChI is InChI=1S/C9H18O2/c1-5-6(2)9(10)8(4)11-7(5)3/h5-10H,1-4H3/t5-,6+,7?,8-,9?/m0/s1. The highest BCUT2D eigenvalue weighted by Crippen LogP contribution is 2.29. The van der Waals surface area contributed by atoms with Crippen LogP contribution in [0, 0.1) is 11.8 Å². The van der Waals surface area contributed by atoms with Crippen LogP contribution in [0.15, 0.2) is 0 Å². The Hall–Kier alpha value is -0.0800. The van der Waals surface area contributed by atoms with Crippen molar-refractivity contribution in [2.45, 2.75) is 46.0 Å². The largest absolute Gasteiger partial charge is 0.390 e. The monoisotopic (exact) mass is 158 g/mol. The molecule has 0 spiro atoms. The lowest BCUT2D eigenvalue weighted by molar-refractivity contribution is -0.154. The Morgan fingerprint density at radius 1 is 0.909 bits per heavy atom. The van der Waals surface area contributed by atoms with Gasteiger partial charge in [-0.05, 0) is 25.7 Å². The van der Waals surface area contributed by atoms with E-state index in [1.54, 1.807) is 0 Å². The van der Waals surface area contributed by atoms with Gasteiger partial charge in [0.25, 0.3) is 0 Å². The highest BCUT2D eigenvalue weighted by Gasteiger charge is 2.35. The van der Waals surface area contributed by atoms with Gasteiger partial charge in [0, 0.05) is 0 Å². The summed E-state index contributed by atoms with van der Waals surface area (Å²) in [6, 6.07) is 0. The smallest absolute Gasteiger partial charge is 0.0828 e. The molecule has 1 saturated heterocycles. The highest BCUT2D eigenvalue weighted by molar-refractivity contribution is 4.83. The van der Waals surface area contributed by atoms with Gasteiger partial charge in [0.15, 0.2) is 0 Å². The zero-order valence-electron chi connectivity index (χ0n) is 7.74. The lowest BCUT2D eigenvalue weighted by atomic mass is 9.82. The Balaban J connectivity index is 2.63. The van der Waals surface area contributed by atoms with Crippen LogP contribution in [-0.4, -0.2) is 23.4 Å². The molecule has 0 radical (unpaired) electrons. The Morgan fingerprint density at radius 2 is 1.45 bits per heavy atom. The minimum absolute atomic E-state index is 0.00352. The second kappa shape index (κ2) is 3.11. The maximum Gasteiger partial charge on any atom is 0.0828 e.